The second-order valence-electron chi connectivity index (χ2n) is 5.23. The zero-order valence-electron chi connectivity index (χ0n) is 13.5. The first-order valence-corrected chi connectivity index (χ1v) is 9.00. The van der Waals surface area contributed by atoms with Gasteiger partial charge in [0, 0.05) is 15.8 Å². The van der Waals surface area contributed by atoms with Crippen LogP contribution in [0.1, 0.15) is 0 Å². The third kappa shape index (κ3) is 4.13. The second-order valence-corrected chi connectivity index (χ2v) is 6.79. The summed E-state index contributed by atoms with van der Waals surface area (Å²) in [5.41, 5.74) is 1.60. The molecule has 0 unspecified atom stereocenters. The minimum Gasteiger partial charge on any atom is -0.494 e. The van der Waals surface area contributed by atoms with Crippen molar-refractivity contribution < 1.29 is 4.74 Å². The third-order valence-corrected chi connectivity index (χ3v) is 4.73. The lowest BCUT2D eigenvalue weighted by atomic mass is 10.2. The maximum Gasteiger partial charge on any atom is 0.171 e. The third-order valence-electron chi connectivity index (χ3n) is 3.59. The Kier molecular flexibility index (Phi) is 6.05. The molecule has 0 saturated heterocycles. The molecule has 0 bridgehead atoms. The first-order chi connectivity index (χ1) is 12.5. The predicted molar refractivity (Wildman–Crippen MR) is 110 cm³/mol. The maximum absolute atomic E-state index is 6.00. The van der Waals surface area contributed by atoms with Crippen LogP contribution < -0.4 is 4.74 Å². The quantitative estimate of drug-likeness (QED) is 0.305. The van der Waals surface area contributed by atoms with E-state index in [4.69, 9.17) is 51.1 Å². The van der Waals surface area contributed by atoms with Gasteiger partial charge in [-0.25, -0.2) is 9.97 Å². The van der Waals surface area contributed by atoms with Gasteiger partial charge in [-0.3, -0.25) is 0 Å². The number of methoxy groups -OCH3 is 1. The van der Waals surface area contributed by atoms with Crippen molar-refractivity contribution in [3.8, 4) is 5.75 Å². The molecule has 4 rings (SSSR count). The van der Waals surface area contributed by atoms with Crippen molar-refractivity contribution in [2.45, 2.75) is 0 Å². The molecule has 2 aromatic heterocycles. The fourth-order valence-electron chi connectivity index (χ4n) is 2.35. The lowest BCUT2D eigenvalue weighted by Crippen LogP contribution is -1.88. The van der Waals surface area contributed by atoms with Gasteiger partial charge in [0.2, 0.25) is 0 Å². The van der Waals surface area contributed by atoms with E-state index in [1.807, 2.05) is 36.4 Å². The van der Waals surface area contributed by atoms with E-state index in [0.717, 1.165) is 21.8 Å². The lowest BCUT2D eigenvalue weighted by Gasteiger charge is -2.05. The fourth-order valence-corrected chi connectivity index (χ4v) is 3.19. The molecule has 2 aromatic carbocycles. The van der Waals surface area contributed by atoms with Crippen molar-refractivity contribution in [1.82, 2.24) is 9.97 Å². The van der Waals surface area contributed by atoms with Crippen molar-refractivity contribution in [1.29, 1.82) is 0 Å². The zero-order chi connectivity index (χ0) is 18.7. The van der Waals surface area contributed by atoms with Crippen LogP contribution in [0.3, 0.4) is 0 Å². The summed E-state index contributed by atoms with van der Waals surface area (Å²) >= 11 is 23.5. The first-order valence-electron chi connectivity index (χ1n) is 7.49. The molecular weight excluding hydrogens is 414 g/mol. The highest BCUT2D eigenvalue weighted by atomic mass is 35.5. The second kappa shape index (κ2) is 8.28. The summed E-state index contributed by atoms with van der Waals surface area (Å²) in [4.78, 5) is 8.28. The summed E-state index contributed by atoms with van der Waals surface area (Å²) in [7, 11) is 1.55. The molecule has 0 fully saturated rings. The van der Waals surface area contributed by atoms with Crippen LogP contribution in [0.25, 0.3) is 21.8 Å². The summed E-state index contributed by atoms with van der Waals surface area (Å²) in [6.07, 6.45) is 0. The van der Waals surface area contributed by atoms with Crippen LogP contribution in [0.2, 0.25) is 20.4 Å². The Morgan fingerprint density at radius 3 is 2.00 bits per heavy atom. The normalized spacial score (nSPS) is 10.5. The van der Waals surface area contributed by atoms with E-state index in [-0.39, 0.29) is 0 Å². The number of fused-ring (bicyclic) bond motifs is 2. The number of halogens is 4. The van der Waals surface area contributed by atoms with Gasteiger partial charge in [0.15, 0.2) is 10.9 Å². The van der Waals surface area contributed by atoms with Gasteiger partial charge in [-0.05, 0) is 42.5 Å². The van der Waals surface area contributed by atoms with Gasteiger partial charge in [0.05, 0.1) is 23.2 Å². The Labute approximate surface area is 170 Å². The Bertz CT molecular complexity index is 1090. The van der Waals surface area contributed by atoms with Gasteiger partial charge < -0.3 is 4.74 Å². The van der Waals surface area contributed by atoms with Crippen LogP contribution in [0.15, 0.2) is 54.6 Å². The summed E-state index contributed by atoms with van der Waals surface area (Å²) in [6, 6.07) is 16.4. The highest BCUT2D eigenvalue weighted by Gasteiger charge is 2.06. The number of aromatic nitrogens is 2. The average Bonchev–Trinajstić information content (AvgIpc) is 2.62. The van der Waals surface area contributed by atoms with Gasteiger partial charge >= 0.3 is 0 Å². The molecule has 4 aromatic rings. The van der Waals surface area contributed by atoms with Crippen LogP contribution in [0.5, 0.6) is 5.75 Å². The fraction of sp³-hybridized carbons (Fsp3) is 0.0526. The molecule has 0 amide bonds. The molecule has 0 aliphatic carbocycles. The number of nitrogens with zero attached hydrogens (tertiary/aromatic N) is 2. The Morgan fingerprint density at radius 2 is 1.35 bits per heavy atom. The number of hydrogen-bond donors (Lipinski definition) is 0. The predicted octanol–water partition coefficient (Wildman–Crippen LogP) is 7.09. The molecule has 0 radical (unpaired) electrons. The molecule has 2 heterocycles. The van der Waals surface area contributed by atoms with E-state index >= 15 is 0 Å². The lowest BCUT2D eigenvalue weighted by molar-refractivity contribution is 0.414. The standard InChI is InChI=1S/C10H7Cl2NO.C9H5Cl2N/c1-14-9-5-6-7(11)3-2-4-8(6)13-10(9)12;10-7-2-1-3-8-6(7)4-5-9(11)12-8/h2-5H,1H3;1-5H. The van der Waals surface area contributed by atoms with Crippen LogP contribution in [0.4, 0.5) is 0 Å². The number of rotatable bonds is 1. The summed E-state index contributed by atoms with van der Waals surface area (Å²) in [6.45, 7) is 0. The highest BCUT2D eigenvalue weighted by Crippen LogP contribution is 2.30. The number of benzene rings is 2. The maximum atomic E-state index is 6.00. The van der Waals surface area contributed by atoms with Crippen LogP contribution in [0, 0.1) is 0 Å². The van der Waals surface area contributed by atoms with Crippen molar-refractivity contribution in [3.63, 3.8) is 0 Å². The monoisotopic (exact) mass is 424 g/mol. The molecule has 0 spiro atoms. The molecule has 26 heavy (non-hydrogen) atoms. The van der Waals surface area contributed by atoms with E-state index in [2.05, 4.69) is 9.97 Å². The van der Waals surface area contributed by atoms with Crippen molar-refractivity contribution >= 4 is 68.2 Å². The van der Waals surface area contributed by atoms with Crippen molar-refractivity contribution in [2.75, 3.05) is 7.11 Å². The molecular formula is C19H12Cl4N2O. The Balaban J connectivity index is 0.000000152. The van der Waals surface area contributed by atoms with Gasteiger partial charge in [0.1, 0.15) is 5.15 Å². The Morgan fingerprint density at radius 1 is 0.731 bits per heavy atom. The van der Waals surface area contributed by atoms with Gasteiger partial charge in [-0.1, -0.05) is 58.5 Å². The van der Waals surface area contributed by atoms with E-state index in [9.17, 15) is 0 Å². The Hall–Kier alpha value is -1.78. The topological polar surface area (TPSA) is 35.0 Å². The van der Waals surface area contributed by atoms with Crippen LogP contribution in [-0.4, -0.2) is 17.1 Å². The zero-order valence-corrected chi connectivity index (χ0v) is 16.5. The summed E-state index contributed by atoms with van der Waals surface area (Å²) in [5, 5.41) is 3.97. The molecule has 7 heteroatoms. The van der Waals surface area contributed by atoms with Crippen LogP contribution >= 0.6 is 46.4 Å². The highest BCUT2D eigenvalue weighted by molar-refractivity contribution is 6.36. The minimum atomic E-state index is 0.349. The summed E-state index contributed by atoms with van der Waals surface area (Å²) < 4.78 is 5.05. The van der Waals surface area contributed by atoms with Gasteiger partial charge in [-0.2, -0.15) is 0 Å². The molecule has 3 nitrogen and oxygen atoms in total. The van der Waals surface area contributed by atoms with Crippen molar-refractivity contribution in [3.05, 3.63) is 74.9 Å². The average molecular weight is 426 g/mol. The SMILES string of the molecule is COc1cc2c(Cl)cccc2nc1Cl.Clc1ccc2c(Cl)cccc2n1. The van der Waals surface area contributed by atoms with E-state index in [0.29, 0.717) is 26.1 Å². The molecule has 132 valence electrons. The number of hydrogen-bond acceptors (Lipinski definition) is 3. The van der Waals surface area contributed by atoms with Crippen LogP contribution in [-0.2, 0) is 0 Å². The molecule has 0 atom stereocenters. The van der Waals surface area contributed by atoms with E-state index < -0.39 is 0 Å². The first kappa shape index (κ1) is 19.0. The van der Waals surface area contributed by atoms with E-state index in [1.54, 1.807) is 25.3 Å². The number of pyridine rings is 2. The molecule has 0 aliphatic rings. The number of ether oxygens (including phenoxy) is 1. The van der Waals surface area contributed by atoms with Gasteiger partial charge in [-0.15, -0.1) is 0 Å². The van der Waals surface area contributed by atoms with Gasteiger partial charge in [0.25, 0.3) is 0 Å². The largest absolute Gasteiger partial charge is 0.494 e. The molecule has 0 saturated carbocycles. The van der Waals surface area contributed by atoms with E-state index in [1.165, 1.54) is 0 Å². The summed E-state index contributed by atoms with van der Waals surface area (Å²) in [5.74, 6) is 0.535. The molecule has 0 aliphatic heterocycles. The minimum absolute atomic E-state index is 0.349. The van der Waals surface area contributed by atoms with Crippen molar-refractivity contribution in [2.24, 2.45) is 0 Å². The molecule has 0 N–H and O–H groups in total. The smallest absolute Gasteiger partial charge is 0.171 e.